The molecule has 0 spiro atoms. The van der Waals surface area contributed by atoms with Crippen molar-refractivity contribution < 1.29 is 9.59 Å². The lowest BCUT2D eigenvalue weighted by Crippen LogP contribution is -2.24. The molecule has 0 saturated carbocycles. The highest BCUT2D eigenvalue weighted by atomic mass is 35.5. The number of rotatable bonds is 5. The molecule has 2 amide bonds. The molecule has 2 N–H and O–H groups in total. The van der Waals surface area contributed by atoms with E-state index >= 15 is 0 Å². The summed E-state index contributed by atoms with van der Waals surface area (Å²) in [6.45, 7) is 2.48. The summed E-state index contributed by atoms with van der Waals surface area (Å²) in [6, 6.07) is 7.04. The second kappa shape index (κ2) is 7.14. The number of carbonyl (C=O) groups excluding carboxylic acids is 2. The highest BCUT2D eigenvalue weighted by molar-refractivity contribution is 7.17. The fraction of sp³-hybridized carbons (Fsp3) is 0.231. The van der Waals surface area contributed by atoms with E-state index in [4.69, 9.17) is 11.6 Å². The fourth-order valence-electron chi connectivity index (χ4n) is 1.63. The number of anilines is 1. The predicted octanol–water partition coefficient (Wildman–Crippen LogP) is 2.12. The number of carbonyl (C=O) groups is 2. The van der Waals surface area contributed by atoms with Gasteiger partial charge >= 0.3 is 0 Å². The Morgan fingerprint density at radius 3 is 2.52 bits per heavy atom. The van der Waals surface area contributed by atoms with Crippen molar-refractivity contribution in [3.05, 3.63) is 39.3 Å². The molecule has 0 aliphatic carbocycles. The van der Waals surface area contributed by atoms with Gasteiger partial charge in [-0.05, 0) is 36.2 Å². The van der Waals surface area contributed by atoms with Gasteiger partial charge in [0.2, 0.25) is 15.4 Å². The zero-order valence-corrected chi connectivity index (χ0v) is 12.8. The SMILES string of the molecule is CCNC(=O)Cc1ccc(NC(=O)c2nnc(Cl)s2)cc1. The minimum absolute atomic E-state index is 0.0298. The third kappa shape index (κ3) is 4.51. The molecule has 0 saturated heterocycles. The molecule has 1 aromatic heterocycles. The molecule has 110 valence electrons. The zero-order chi connectivity index (χ0) is 15.2. The fourth-order valence-corrected chi connectivity index (χ4v) is 2.36. The van der Waals surface area contributed by atoms with Crippen molar-refractivity contribution in [2.24, 2.45) is 0 Å². The number of benzene rings is 1. The Balaban J connectivity index is 1.96. The molecule has 0 radical (unpaired) electrons. The summed E-state index contributed by atoms with van der Waals surface area (Å²) in [5.41, 5.74) is 1.49. The summed E-state index contributed by atoms with van der Waals surface area (Å²) in [6.07, 6.45) is 0.314. The van der Waals surface area contributed by atoms with Crippen LogP contribution in [-0.2, 0) is 11.2 Å². The van der Waals surface area contributed by atoms with Crippen LogP contribution in [-0.4, -0.2) is 28.6 Å². The summed E-state index contributed by atoms with van der Waals surface area (Å²) >= 11 is 6.64. The highest BCUT2D eigenvalue weighted by Gasteiger charge is 2.12. The number of likely N-dealkylation sites (N-methyl/N-ethyl adjacent to an activating group) is 1. The third-order valence-corrected chi connectivity index (χ3v) is 3.56. The first-order chi connectivity index (χ1) is 10.1. The molecule has 2 aromatic rings. The second-order valence-electron chi connectivity index (χ2n) is 4.14. The topological polar surface area (TPSA) is 84.0 Å². The first-order valence-electron chi connectivity index (χ1n) is 6.24. The summed E-state index contributed by atoms with van der Waals surface area (Å²) in [4.78, 5) is 23.3. The van der Waals surface area contributed by atoms with Gasteiger partial charge in [0.1, 0.15) is 0 Å². The van der Waals surface area contributed by atoms with E-state index in [9.17, 15) is 9.59 Å². The maximum atomic E-state index is 11.8. The van der Waals surface area contributed by atoms with Gasteiger partial charge in [0.25, 0.3) is 5.91 Å². The van der Waals surface area contributed by atoms with Crippen LogP contribution >= 0.6 is 22.9 Å². The zero-order valence-electron chi connectivity index (χ0n) is 11.2. The Morgan fingerprint density at radius 2 is 1.95 bits per heavy atom. The van der Waals surface area contributed by atoms with Gasteiger partial charge in [-0.1, -0.05) is 23.5 Å². The third-order valence-electron chi connectivity index (χ3n) is 2.55. The van der Waals surface area contributed by atoms with Crippen LogP contribution in [0, 0.1) is 0 Å². The molecular formula is C13H13ClN4O2S. The lowest BCUT2D eigenvalue weighted by Gasteiger charge is -2.05. The van der Waals surface area contributed by atoms with E-state index in [-0.39, 0.29) is 21.3 Å². The Kier molecular flexibility index (Phi) is 5.24. The van der Waals surface area contributed by atoms with Crippen LogP contribution in [0.5, 0.6) is 0 Å². The molecule has 1 aromatic carbocycles. The normalized spacial score (nSPS) is 10.2. The second-order valence-corrected chi connectivity index (χ2v) is 5.70. The molecule has 8 heteroatoms. The number of halogens is 1. The molecular weight excluding hydrogens is 312 g/mol. The number of nitrogens with one attached hydrogen (secondary N) is 2. The van der Waals surface area contributed by atoms with Crippen molar-refractivity contribution in [2.75, 3.05) is 11.9 Å². The van der Waals surface area contributed by atoms with Gasteiger partial charge in [-0.2, -0.15) is 0 Å². The van der Waals surface area contributed by atoms with Crippen molar-refractivity contribution in [3.63, 3.8) is 0 Å². The van der Waals surface area contributed by atoms with E-state index in [2.05, 4.69) is 20.8 Å². The van der Waals surface area contributed by atoms with Crippen molar-refractivity contribution >= 4 is 40.4 Å². The monoisotopic (exact) mass is 324 g/mol. The molecule has 1 heterocycles. The van der Waals surface area contributed by atoms with E-state index in [1.165, 1.54) is 0 Å². The Bertz CT molecular complexity index is 642. The predicted molar refractivity (Wildman–Crippen MR) is 81.7 cm³/mol. The number of hydrogen-bond donors (Lipinski definition) is 2. The molecule has 0 unspecified atom stereocenters. The van der Waals surface area contributed by atoms with Crippen LogP contribution < -0.4 is 10.6 Å². The summed E-state index contributed by atoms with van der Waals surface area (Å²) in [7, 11) is 0. The van der Waals surface area contributed by atoms with Crippen LogP contribution in [0.2, 0.25) is 4.47 Å². The number of nitrogens with zero attached hydrogens (tertiary/aromatic N) is 2. The lowest BCUT2D eigenvalue weighted by atomic mass is 10.1. The maximum absolute atomic E-state index is 11.8. The Hall–Kier alpha value is -1.99. The maximum Gasteiger partial charge on any atom is 0.286 e. The Morgan fingerprint density at radius 1 is 1.24 bits per heavy atom. The molecule has 0 aliphatic heterocycles. The van der Waals surface area contributed by atoms with Gasteiger partial charge in [0.15, 0.2) is 0 Å². The van der Waals surface area contributed by atoms with Crippen molar-refractivity contribution in [3.8, 4) is 0 Å². The first-order valence-corrected chi connectivity index (χ1v) is 7.44. The van der Waals surface area contributed by atoms with Gasteiger partial charge in [0, 0.05) is 12.2 Å². The average Bonchev–Trinajstić information content (AvgIpc) is 2.88. The minimum Gasteiger partial charge on any atom is -0.356 e. The van der Waals surface area contributed by atoms with Gasteiger partial charge in [-0.15, -0.1) is 10.2 Å². The van der Waals surface area contributed by atoms with Crippen LogP contribution in [0.3, 0.4) is 0 Å². The average molecular weight is 325 g/mol. The summed E-state index contributed by atoms with van der Waals surface area (Å²) < 4.78 is 0.220. The van der Waals surface area contributed by atoms with Crippen LogP contribution in [0.4, 0.5) is 5.69 Å². The Labute approximate surface area is 130 Å². The van der Waals surface area contributed by atoms with Crippen LogP contribution in [0.1, 0.15) is 22.3 Å². The van der Waals surface area contributed by atoms with Crippen molar-refractivity contribution in [1.82, 2.24) is 15.5 Å². The van der Waals surface area contributed by atoms with Crippen molar-refractivity contribution in [2.45, 2.75) is 13.3 Å². The van der Waals surface area contributed by atoms with E-state index < -0.39 is 0 Å². The summed E-state index contributed by atoms with van der Waals surface area (Å²) in [5, 5.41) is 12.9. The molecule has 6 nitrogen and oxygen atoms in total. The van der Waals surface area contributed by atoms with Gasteiger partial charge in [0.05, 0.1) is 6.42 Å². The van der Waals surface area contributed by atoms with Gasteiger partial charge in [-0.3, -0.25) is 9.59 Å². The molecule has 0 atom stereocenters. The molecule has 0 fully saturated rings. The number of amides is 2. The van der Waals surface area contributed by atoms with Crippen molar-refractivity contribution in [1.29, 1.82) is 0 Å². The minimum atomic E-state index is -0.365. The van der Waals surface area contributed by atoms with Crippen LogP contribution in [0.25, 0.3) is 0 Å². The lowest BCUT2D eigenvalue weighted by molar-refractivity contribution is -0.120. The summed E-state index contributed by atoms with van der Waals surface area (Å²) in [5.74, 6) is -0.395. The molecule has 21 heavy (non-hydrogen) atoms. The molecule has 0 aliphatic rings. The highest BCUT2D eigenvalue weighted by Crippen LogP contribution is 2.17. The standard InChI is InChI=1S/C13H13ClN4O2S/c1-2-15-10(19)7-8-3-5-9(6-4-8)16-11(20)12-17-18-13(14)21-12/h3-6H,2,7H2,1H3,(H,15,19)(H,16,20). The number of aromatic nitrogens is 2. The number of hydrogen-bond acceptors (Lipinski definition) is 5. The van der Waals surface area contributed by atoms with E-state index in [0.29, 0.717) is 18.7 Å². The van der Waals surface area contributed by atoms with Gasteiger partial charge in [-0.25, -0.2) is 0 Å². The smallest absolute Gasteiger partial charge is 0.286 e. The van der Waals surface area contributed by atoms with E-state index in [1.54, 1.807) is 24.3 Å². The van der Waals surface area contributed by atoms with Crippen LogP contribution in [0.15, 0.2) is 24.3 Å². The van der Waals surface area contributed by atoms with Gasteiger partial charge < -0.3 is 10.6 Å². The van der Waals surface area contributed by atoms with E-state index in [0.717, 1.165) is 16.9 Å². The first kappa shape index (κ1) is 15.4. The molecule has 2 rings (SSSR count). The molecule has 0 bridgehead atoms. The van der Waals surface area contributed by atoms with E-state index in [1.807, 2.05) is 6.92 Å². The quantitative estimate of drug-likeness (QED) is 0.882. The largest absolute Gasteiger partial charge is 0.356 e.